The van der Waals surface area contributed by atoms with Crippen molar-refractivity contribution in [2.24, 2.45) is 0 Å². The van der Waals surface area contributed by atoms with Gasteiger partial charge in [0.15, 0.2) is 0 Å². The van der Waals surface area contributed by atoms with Crippen molar-refractivity contribution in [3.8, 4) is 0 Å². The van der Waals surface area contributed by atoms with Gasteiger partial charge < -0.3 is 5.11 Å². The molecule has 0 saturated carbocycles. The van der Waals surface area contributed by atoms with E-state index in [1.165, 1.54) is 0 Å². The molecular formula is C15H18Cl2N2O. The Kier molecular flexibility index (Phi) is 5.08. The number of nitrogens with zero attached hydrogens (tertiary/aromatic N) is 2. The standard InChI is InChI=1S/C15H18Cl2N2O/c1-3-12-15(17)13(19(4-2)18-12)9-14(20)10-7-5-6-8-11(10)16/h5-8,14,20H,3-4,9H2,1-2H3. The number of hydrogen-bond donors (Lipinski definition) is 1. The molecule has 0 aliphatic heterocycles. The maximum atomic E-state index is 10.4. The number of halogens is 2. The van der Waals surface area contributed by atoms with E-state index in [0.717, 1.165) is 24.4 Å². The molecule has 108 valence electrons. The summed E-state index contributed by atoms with van der Waals surface area (Å²) in [4.78, 5) is 0. The smallest absolute Gasteiger partial charge is 0.0860 e. The highest BCUT2D eigenvalue weighted by atomic mass is 35.5. The summed E-state index contributed by atoms with van der Waals surface area (Å²) in [5.41, 5.74) is 2.44. The van der Waals surface area contributed by atoms with E-state index in [0.29, 0.717) is 22.0 Å². The van der Waals surface area contributed by atoms with Crippen molar-refractivity contribution in [2.45, 2.75) is 39.3 Å². The highest BCUT2D eigenvalue weighted by molar-refractivity contribution is 6.32. The number of aliphatic hydroxyl groups is 1. The van der Waals surface area contributed by atoms with E-state index in [2.05, 4.69) is 5.10 Å². The average Bonchev–Trinajstić information content (AvgIpc) is 2.75. The number of aromatic nitrogens is 2. The monoisotopic (exact) mass is 312 g/mol. The maximum Gasteiger partial charge on any atom is 0.0860 e. The highest BCUT2D eigenvalue weighted by Crippen LogP contribution is 2.29. The van der Waals surface area contributed by atoms with Gasteiger partial charge in [-0.3, -0.25) is 4.68 Å². The Hall–Kier alpha value is -1.03. The minimum absolute atomic E-state index is 0.406. The summed E-state index contributed by atoms with van der Waals surface area (Å²) < 4.78 is 1.85. The molecule has 2 rings (SSSR count). The number of rotatable bonds is 5. The first-order valence-corrected chi connectivity index (χ1v) is 7.50. The zero-order valence-corrected chi connectivity index (χ0v) is 13.1. The lowest BCUT2D eigenvalue weighted by molar-refractivity contribution is 0.175. The summed E-state index contributed by atoms with van der Waals surface area (Å²) in [5.74, 6) is 0. The van der Waals surface area contributed by atoms with Crippen LogP contribution in [-0.4, -0.2) is 14.9 Å². The van der Waals surface area contributed by atoms with Crippen LogP contribution >= 0.6 is 23.2 Å². The van der Waals surface area contributed by atoms with E-state index in [9.17, 15) is 5.11 Å². The molecule has 1 aromatic carbocycles. The molecule has 0 bridgehead atoms. The zero-order valence-electron chi connectivity index (χ0n) is 11.6. The third-order valence-electron chi connectivity index (χ3n) is 3.35. The Morgan fingerprint density at radius 2 is 1.95 bits per heavy atom. The van der Waals surface area contributed by atoms with Gasteiger partial charge >= 0.3 is 0 Å². The van der Waals surface area contributed by atoms with Crippen LogP contribution in [0.5, 0.6) is 0 Å². The second-order valence-corrected chi connectivity index (χ2v) is 5.40. The van der Waals surface area contributed by atoms with E-state index >= 15 is 0 Å². The molecule has 3 nitrogen and oxygen atoms in total. The van der Waals surface area contributed by atoms with E-state index in [1.807, 2.05) is 36.7 Å². The lowest BCUT2D eigenvalue weighted by Gasteiger charge is -2.13. The topological polar surface area (TPSA) is 38.0 Å². The van der Waals surface area contributed by atoms with E-state index in [-0.39, 0.29) is 0 Å². The van der Waals surface area contributed by atoms with Crippen molar-refractivity contribution < 1.29 is 5.11 Å². The van der Waals surface area contributed by atoms with E-state index < -0.39 is 6.10 Å². The Morgan fingerprint density at radius 3 is 2.55 bits per heavy atom. The van der Waals surface area contributed by atoms with Crippen LogP contribution in [0.2, 0.25) is 10.0 Å². The fourth-order valence-corrected chi connectivity index (χ4v) is 2.86. The van der Waals surface area contributed by atoms with Crippen molar-refractivity contribution in [3.05, 3.63) is 51.3 Å². The van der Waals surface area contributed by atoms with Crippen LogP contribution < -0.4 is 0 Å². The van der Waals surface area contributed by atoms with Crippen LogP contribution in [0.3, 0.4) is 0 Å². The third-order valence-corrected chi connectivity index (χ3v) is 4.13. The molecule has 0 saturated heterocycles. The average molecular weight is 313 g/mol. The Balaban J connectivity index is 2.30. The van der Waals surface area contributed by atoms with Crippen LogP contribution in [0.25, 0.3) is 0 Å². The third kappa shape index (κ3) is 3.00. The summed E-state index contributed by atoms with van der Waals surface area (Å²) >= 11 is 12.5. The molecule has 0 radical (unpaired) electrons. The summed E-state index contributed by atoms with van der Waals surface area (Å²) in [6.07, 6.45) is 0.498. The second-order valence-electron chi connectivity index (χ2n) is 4.62. The lowest BCUT2D eigenvalue weighted by Crippen LogP contribution is -2.09. The summed E-state index contributed by atoms with van der Waals surface area (Å²) in [6.45, 7) is 4.75. The van der Waals surface area contributed by atoms with Gasteiger partial charge in [0.1, 0.15) is 0 Å². The largest absolute Gasteiger partial charge is 0.388 e. The molecule has 0 amide bonds. The Morgan fingerprint density at radius 1 is 1.25 bits per heavy atom. The van der Waals surface area contributed by atoms with E-state index in [4.69, 9.17) is 23.2 Å². The second kappa shape index (κ2) is 6.61. The number of hydrogen-bond acceptors (Lipinski definition) is 2. The van der Waals surface area contributed by atoms with Crippen LogP contribution in [0.4, 0.5) is 0 Å². The minimum atomic E-state index is -0.687. The first kappa shape index (κ1) is 15.4. The van der Waals surface area contributed by atoms with Gasteiger partial charge in [-0.2, -0.15) is 5.10 Å². The Bertz CT molecular complexity index is 596. The molecule has 5 heteroatoms. The van der Waals surface area contributed by atoms with Gasteiger partial charge in [-0.1, -0.05) is 48.3 Å². The quantitative estimate of drug-likeness (QED) is 0.904. The van der Waals surface area contributed by atoms with Crippen molar-refractivity contribution >= 4 is 23.2 Å². The Labute approximate surface area is 129 Å². The first-order chi connectivity index (χ1) is 9.58. The number of benzene rings is 1. The fraction of sp³-hybridized carbons (Fsp3) is 0.400. The predicted octanol–water partition coefficient (Wildman–Crippen LogP) is 4.05. The summed E-state index contributed by atoms with van der Waals surface area (Å²) in [7, 11) is 0. The van der Waals surface area contributed by atoms with Gasteiger partial charge in [-0.05, 0) is 25.0 Å². The fourth-order valence-electron chi connectivity index (χ4n) is 2.25. The normalized spacial score (nSPS) is 12.7. The molecule has 0 aliphatic rings. The van der Waals surface area contributed by atoms with Crippen LogP contribution in [0.15, 0.2) is 24.3 Å². The van der Waals surface area contributed by atoms with Crippen LogP contribution in [0.1, 0.15) is 36.9 Å². The molecular weight excluding hydrogens is 295 g/mol. The molecule has 0 fully saturated rings. The summed E-state index contributed by atoms with van der Waals surface area (Å²) in [6, 6.07) is 7.31. The van der Waals surface area contributed by atoms with Gasteiger partial charge in [0.25, 0.3) is 0 Å². The molecule has 2 aromatic rings. The molecule has 1 N–H and O–H groups in total. The maximum absolute atomic E-state index is 10.4. The van der Waals surface area contributed by atoms with Gasteiger partial charge in [0, 0.05) is 18.0 Å². The van der Waals surface area contributed by atoms with Gasteiger partial charge in [0.05, 0.1) is 22.5 Å². The molecule has 1 aromatic heterocycles. The predicted molar refractivity (Wildman–Crippen MR) is 82.4 cm³/mol. The molecule has 1 heterocycles. The summed E-state index contributed by atoms with van der Waals surface area (Å²) in [5, 5.41) is 16.1. The van der Waals surface area contributed by atoms with Gasteiger partial charge in [0.2, 0.25) is 0 Å². The van der Waals surface area contributed by atoms with Crippen molar-refractivity contribution in [2.75, 3.05) is 0 Å². The minimum Gasteiger partial charge on any atom is -0.388 e. The zero-order chi connectivity index (χ0) is 14.7. The first-order valence-electron chi connectivity index (χ1n) is 6.75. The molecule has 0 spiro atoms. The molecule has 20 heavy (non-hydrogen) atoms. The van der Waals surface area contributed by atoms with E-state index in [1.54, 1.807) is 6.07 Å². The van der Waals surface area contributed by atoms with Gasteiger partial charge in [-0.25, -0.2) is 0 Å². The molecule has 0 aliphatic carbocycles. The van der Waals surface area contributed by atoms with Crippen molar-refractivity contribution in [3.63, 3.8) is 0 Å². The van der Waals surface area contributed by atoms with Crippen LogP contribution in [0, 0.1) is 0 Å². The number of aliphatic hydroxyl groups excluding tert-OH is 1. The van der Waals surface area contributed by atoms with Crippen molar-refractivity contribution in [1.29, 1.82) is 0 Å². The number of aryl methyl sites for hydroxylation is 2. The molecule has 1 atom stereocenters. The lowest BCUT2D eigenvalue weighted by atomic mass is 10.0. The highest BCUT2D eigenvalue weighted by Gasteiger charge is 2.19. The van der Waals surface area contributed by atoms with Crippen LogP contribution in [-0.2, 0) is 19.4 Å². The van der Waals surface area contributed by atoms with Crippen molar-refractivity contribution in [1.82, 2.24) is 9.78 Å². The SMILES string of the molecule is CCc1nn(CC)c(CC(O)c2ccccc2Cl)c1Cl. The molecule has 1 unspecified atom stereocenters. The van der Waals surface area contributed by atoms with Gasteiger partial charge in [-0.15, -0.1) is 0 Å².